The van der Waals surface area contributed by atoms with E-state index < -0.39 is 0 Å². The Balaban J connectivity index is 1.46. The Kier molecular flexibility index (Phi) is 5.80. The molecule has 0 unspecified atom stereocenters. The molecule has 1 aliphatic rings. The third-order valence-corrected chi connectivity index (χ3v) is 4.26. The molecule has 1 aliphatic heterocycles. The number of nitrogens with two attached hydrogens (primary N) is 1. The fraction of sp³-hybridized carbons (Fsp3) is 0.316. The van der Waals surface area contributed by atoms with E-state index in [0.29, 0.717) is 18.8 Å². The van der Waals surface area contributed by atoms with Gasteiger partial charge < -0.3 is 20.7 Å². The summed E-state index contributed by atoms with van der Waals surface area (Å²) in [6.07, 6.45) is 5.08. The van der Waals surface area contributed by atoms with Crippen LogP contribution >= 0.6 is 0 Å². The molecule has 136 valence electrons. The Morgan fingerprint density at radius 2 is 2.12 bits per heavy atom. The van der Waals surface area contributed by atoms with Crippen molar-refractivity contribution in [1.29, 1.82) is 0 Å². The van der Waals surface area contributed by atoms with Crippen molar-refractivity contribution in [3.05, 3.63) is 53.9 Å². The van der Waals surface area contributed by atoms with Crippen molar-refractivity contribution in [1.82, 2.24) is 10.3 Å². The van der Waals surface area contributed by atoms with Crippen LogP contribution in [0.3, 0.4) is 0 Å². The number of hydrogen-bond donors (Lipinski definition) is 2. The van der Waals surface area contributed by atoms with Crippen molar-refractivity contribution >= 4 is 23.2 Å². The first kappa shape index (κ1) is 17.9. The Bertz CT molecular complexity index is 780. The van der Waals surface area contributed by atoms with Crippen LogP contribution in [-0.2, 0) is 27.3 Å². The smallest absolute Gasteiger partial charge is 0.253 e. The number of amides is 2. The highest BCUT2D eigenvalue weighted by atomic mass is 16.5. The van der Waals surface area contributed by atoms with Gasteiger partial charge in [-0.2, -0.15) is 0 Å². The number of nitrogens with zero attached hydrogens (tertiary/aromatic N) is 2. The summed E-state index contributed by atoms with van der Waals surface area (Å²) in [5.41, 5.74) is 9.44. The van der Waals surface area contributed by atoms with E-state index in [1.54, 1.807) is 23.4 Å². The number of anilines is 2. The maximum atomic E-state index is 12.5. The molecule has 0 spiro atoms. The van der Waals surface area contributed by atoms with Crippen LogP contribution in [0.1, 0.15) is 17.5 Å². The standard InChI is InChI=1S/C19H22N4O3/c20-16-6-1-7-17-15(16)5-3-9-23(17)19(25)13-26-12-18(24)22-11-14-4-2-8-21-10-14/h1-2,4,6-8,10H,3,5,9,11-13,20H2,(H,22,24). The number of nitrogen functional groups attached to an aromatic ring is 1. The molecule has 3 rings (SSSR count). The molecule has 0 saturated heterocycles. The molecule has 0 radical (unpaired) electrons. The Morgan fingerprint density at radius 3 is 2.92 bits per heavy atom. The predicted molar refractivity (Wildman–Crippen MR) is 98.4 cm³/mol. The first-order valence-electron chi connectivity index (χ1n) is 8.56. The fourth-order valence-corrected chi connectivity index (χ4v) is 2.97. The number of pyridine rings is 1. The van der Waals surface area contributed by atoms with Gasteiger partial charge in [-0.05, 0) is 42.2 Å². The summed E-state index contributed by atoms with van der Waals surface area (Å²) in [6.45, 7) is 0.701. The van der Waals surface area contributed by atoms with Crippen molar-refractivity contribution in [3.8, 4) is 0 Å². The van der Waals surface area contributed by atoms with Crippen LogP contribution in [0, 0.1) is 0 Å². The number of benzene rings is 1. The van der Waals surface area contributed by atoms with Crippen LogP contribution in [0.5, 0.6) is 0 Å². The fourth-order valence-electron chi connectivity index (χ4n) is 2.97. The zero-order valence-electron chi connectivity index (χ0n) is 14.5. The first-order valence-corrected chi connectivity index (χ1v) is 8.56. The van der Waals surface area contributed by atoms with Crippen LogP contribution in [0.15, 0.2) is 42.7 Å². The topological polar surface area (TPSA) is 97.5 Å². The van der Waals surface area contributed by atoms with E-state index in [2.05, 4.69) is 10.3 Å². The van der Waals surface area contributed by atoms with Crippen molar-refractivity contribution in [3.63, 3.8) is 0 Å². The van der Waals surface area contributed by atoms with E-state index in [0.717, 1.165) is 29.7 Å². The number of rotatable bonds is 6. The van der Waals surface area contributed by atoms with Gasteiger partial charge in [-0.15, -0.1) is 0 Å². The quantitative estimate of drug-likeness (QED) is 0.762. The maximum Gasteiger partial charge on any atom is 0.253 e. The highest BCUT2D eigenvalue weighted by molar-refractivity contribution is 5.96. The van der Waals surface area contributed by atoms with Crippen LogP contribution in [-0.4, -0.2) is 36.6 Å². The predicted octanol–water partition coefficient (Wildman–Crippen LogP) is 1.28. The van der Waals surface area contributed by atoms with Gasteiger partial charge in [-0.25, -0.2) is 0 Å². The van der Waals surface area contributed by atoms with Gasteiger partial charge in [0.05, 0.1) is 0 Å². The second kappa shape index (κ2) is 8.44. The third kappa shape index (κ3) is 4.37. The summed E-state index contributed by atoms with van der Waals surface area (Å²) in [5, 5.41) is 2.73. The molecule has 0 saturated carbocycles. The van der Waals surface area contributed by atoms with E-state index >= 15 is 0 Å². The average molecular weight is 354 g/mol. The lowest BCUT2D eigenvalue weighted by Crippen LogP contribution is -2.39. The molecule has 2 aromatic rings. The summed E-state index contributed by atoms with van der Waals surface area (Å²) >= 11 is 0. The monoisotopic (exact) mass is 354 g/mol. The van der Waals surface area contributed by atoms with Gasteiger partial charge in [0.25, 0.3) is 5.91 Å². The van der Waals surface area contributed by atoms with Crippen molar-refractivity contribution < 1.29 is 14.3 Å². The van der Waals surface area contributed by atoms with Crippen molar-refractivity contribution in [2.75, 3.05) is 30.4 Å². The molecular formula is C19H22N4O3. The maximum absolute atomic E-state index is 12.5. The lowest BCUT2D eigenvalue weighted by atomic mass is 10.00. The van der Waals surface area contributed by atoms with Gasteiger partial charge in [0.2, 0.25) is 5.91 Å². The lowest BCUT2D eigenvalue weighted by Gasteiger charge is -2.30. The zero-order chi connectivity index (χ0) is 18.4. The van der Waals surface area contributed by atoms with Crippen LogP contribution in [0.2, 0.25) is 0 Å². The van der Waals surface area contributed by atoms with Crippen LogP contribution < -0.4 is 16.0 Å². The molecule has 3 N–H and O–H groups in total. The molecule has 1 aromatic carbocycles. The highest BCUT2D eigenvalue weighted by Gasteiger charge is 2.23. The largest absolute Gasteiger partial charge is 0.398 e. The number of carbonyl (C=O) groups excluding carboxylic acids is 2. The number of nitrogens with one attached hydrogen (secondary N) is 1. The van der Waals surface area contributed by atoms with Gasteiger partial charge in [-0.3, -0.25) is 14.6 Å². The van der Waals surface area contributed by atoms with E-state index in [4.69, 9.17) is 10.5 Å². The number of carbonyl (C=O) groups is 2. The summed E-state index contributed by atoms with van der Waals surface area (Å²) < 4.78 is 5.29. The summed E-state index contributed by atoms with van der Waals surface area (Å²) in [4.78, 5) is 29.9. The summed E-state index contributed by atoms with van der Waals surface area (Å²) in [7, 11) is 0. The highest BCUT2D eigenvalue weighted by Crippen LogP contribution is 2.31. The summed E-state index contributed by atoms with van der Waals surface area (Å²) in [5.74, 6) is -0.443. The molecular weight excluding hydrogens is 332 g/mol. The van der Waals surface area contributed by atoms with Gasteiger partial charge in [0, 0.05) is 36.9 Å². The van der Waals surface area contributed by atoms with E-state index in [9.17, 15) is 9.59 Å². The molecule has 0 fully saturated rings. The number of ether oxygens (including phenoxy) is 1. The molecule has 1 aromatic heterocycles. The second-order valence-corrected chi connectivity index (χ2v) is 6.12. The molecule has 0 atom stereocenters. The minimum absolute atomic E-state index is 0.144. The van der Waals surface area contributed by atoms with Gasteiger partial charge in [0.1, 0.15) is 13.2 Å². The normalized spacial score (nSPS) is 13.2. The number of hydrogen-bond acceptors (Lipinski definition) is 5. The van der Waals surface area contributed by atoms with Crippen molar-refractivity contribution in [2.24, 2.45) is 0 Å². The SMILES string of the molecule is Nc1cccc2c1CCCN2C(=O)COCC(=O)NCc1cccnc1. The second-order valence-electron chi connectivity index (χ2n) is 6.12. The summed E-state index contributed by atoms with van der Waals surface area (Å²) in [6, 6.07) is 9.25. The van der Waals surface area contributed by atoms with E-state index in [-0.39, 0.29) is 25.0 Å². The molecule has 0 bridgehead atoms. The average Bonchev–Trinajstić information content (AvgIpc) is 2.67. The molecule has 0 aliphatic carbocycles. The Hall–Kier alpha value is -2.93. The van der Waals surface area contributed by atoms with E-state index in [1.807, 2.05) is 24.3 Å². The minimum atomic E-state index is -0.273. The van der Waals surface area contributed by atoms with Gasteiger partial charge >= 0.3 is 0 Å². The third-order valence-electron chi connectivity index (χ3n) is 4.26. The molecule has 2 amide bonds. The van der Waals surface area contributed by atoms with Gasteiger partial charge in [-0.1, -0.05) is 12.1 Å². The zero-order valence-corrected chi connectivity index (χ0v) is 14.5. The Morgan fingerprint density at radius 1 is 1.23 bits per heavy atom. The lowest BCUT2D eigenvalue weighted by molar-refractivity contribution is -0.129. The minimum Gasteiger partial charge on any atom is -0.398 e. The first-order chi connectivity index (χ1) is 12.6. The Labute approximate surface area is 152 Å². The van der Waals surface area contributed by atoms with Crippen molar-refractivity contribution in [2.45, 2.75) is 19.4 Å². The molecule has 2 heterocycles. The van der Waals surface area contributed by atoms with Crippen LogP contribution in [0.25, 0.3) is 0 Å². The molecule has 7 heteroatoms. The molecule has 7 nitrogen and oxygen atoms in total. The number of aromatic nitrogens is 1. The van der Waals surface area contributed by atoms with Gasteiger partial charge in [0.15, 0.2) is 0 Å². The number of fused-ring (bicyclic) bond motifs is 1. The van der Waals surface area contributed by atoms with E-state index in [1.165, 1.54) is 0 Å². The molecule has 26 heavy (non-hydrogen) atoms. The van der Waals surface area contributed by atoms with Crippen LogP contribution in [0.4, 0.5) is 11.4 Å².